The minimum Gasteiger partial charge on any atom is -0.360 e. The van der Waals surface area contributed by atoms with Gasteiger partial charge in [-0.05, 0) is 38.1 Å². The Morgan fingerprint density at radius 3 is 2.15 bits per heavy atom. The molecule has 2 amide bonds. The molecule has 0 aliphatic carbocycles. The van der Waals surface area contributed by atoms with Gasteiger partial charge >= 0.3 is 0 Å². The molecule has 0 aliphatic rings. The smallest absolute Gasteiger partial charge is 0.245 e. The van der Waals surface area contributed by atoms with Gasteiger partial charge in [0.1, 0.15) is 10.6 Å². The van der Waals surface area contributed by atoms with Crippen molar-refractivity contribution in [2.45, 2.75) is 32.1 Å². The van der Waals surface area contributed by atoms with E-state index in [2.05, 4.69) is 20.5 Å². The van der Waals surface area contributed by atoms with E-state index in [1.165, 1.54) is 20.8 Å². The molecule has 0 spiro atoms. The van der Waals surface area contributed by atoms with Crippen LogP contribution in [0.25, 0.3) is 0 Å². The summed E-state index contributed by atoms with van der Waals surface area (Å²) in [6, 6.07) is 6.57. The normalized spacial score (nSPS) is 11.2. The molecule has 9 nitrogen and oxygen atoms in total. The lowest BCUT2D eigenvalue weighted by Crippen LogP contribution is -2.28. The van der Waals surface area contributed by atoms with Gasteiger partial charge in [-0.3, -0.25) is 9.59 Å². The van der Waals surface area contributed by atoms with E-state index >= 15 is 0 Å². The first-order chi connectivity index (χ1) is 12.2. The van der Waals surface area contributed by atoms with Crippen LogP contribution in [0.15, 0.2) is 33.7 Å². The quantitative estimate of drug-likeness (QED) is 0.668. The number of benzene rings is 1. The Morgan fingerprint density at radius 1 is 1.08 bits per heavy atom. The average Bonchev–Trinajstić information content (AvgIpc) is 2.88. The number of rotatable bonds is 7. The fourth-order valence-electron chi connectivity index (χ4n) is 2.29. The molecule has 0 aliphatic heterocycles. The van der Waals surface area contributed by atoms with Crippen LogP contribution in [0.1, 0.15) is 24.8 Å². The van der Waals surface area contributed by atoms with Gasteiger partial charge < -0.3 is 15.2 Å². The van der Waals surface area contributed by atoms with Crippen molar-refractivity contribution in [3.63, 3.8) is 0 Å². The van der Waals surface area contributed by atoms with E-state index in [9.17, 15) is 18.0 Å². The maximum atomic E-state index is 12.2. The van der Waals surface area contributed by atoms with Gasteiger partial charge in [-0.2, -0.15) is 0 Å². The van der Waals surface area contributed by atoms with Crippen LogP contribution in [0.2, 0.25) is 0 Å². The summed E-state index contributed by atoms with van der Waals surface area (Å²) in [5, 5.41) is 8.87. The van der Waals surface area contributed by atoms with Crippen molar-refractivity contribution in [3.8, 4) is 0 Å². The van der Waals surface area contributed by atoms with E-state index in [0.717, 1.165) is 0 Å². The van der Waals surface area contributed by atoms with Crippen LogP contribution >= 0.6 is 0 Å². The second-order valence-corrected chi connectivity index (χ2v) is 7.31. The molecular formula is C16H20N4O5S. The SMILES string of the molecule is CC(=O)Nc1ccc(NC(=O)CCNS(=O)(=O)c2c(C)noc2C)cc1. The Kier molecular flexibility index (Phi) is 6.11. The first kappa shape index (κ1) is 19.6. The molecule has 3 N–H and O–H groups in total. The molecule has 0 saturated heterocycles. The zero-order valence-electron chi connectivity index (χ0n) is 14.6. The van der Waals surface area contributed by atoms with E-state index in [0.29, 0.717) is 11.4 Å². The lowest BCUT2D eigenvalue weighted by Gasteiger charge is -2.08. The van der Waals surface area contributed by atoms with Crippen molar-refractivity contribution in [2.24, 2.45) is 0 Å². The van der Waals surface area contributed by atoms with Crippen LogP contribution in [0.4, 0.5) is 11.4 Å². The van der Waals surface area contributed by atoms with Gasteiger partial charge in [-0.1, -0.05) is 5.16 Å². The van der Waals surface area contributed by atoms with Gasteiger partial charge in [0.05, 0.1) is 0 Å². The molecule has 2 rings (SSSR count). The number of aryl methyl sites for hydroxylation is 2. The van der Waals surface area contributed by atoms with Crippen LogP contribution in [0.3, 0.4) is 0 Å². The molecule has 0 bridgehead atoms. The van der Waals surface area contributed by atoms with Crippen LogP contribution in [-0.2, 0) is 19.6 Å². The molecule has 0 fully saturated rings. The second kappa shape index (κ2) is 8.11. The standard InChI is InChI=1S/C16H20N4O5S/c1-10-16(11(2)25-20-10)26(23,24)17-9-8-15(22)19-14-6-4-13(5-7-14)18-12(3)21/h4-7,17H,8-9H2,1-3H3,(H,18,21)(H,19,22). The highest BCUT2D eigenvalue weighted by Crippen LogP contribution is 2.18. The summed E-state index contributed by atoms with van der Waals surface area (Å²) in [7, 11) is -3.79. The molecule has 1 aromatic carbocycles. The summed E-state index contributed by atoms with van der Waals surface area (Å²) in [6.45, 7) is 4.37. The van der Waals surface area contributed by atoms with Gasteiger partial charge in [-0.25, -0.2) is 13.1 Å². The molecule has 140 valence electrons. The summed E-state index contributed by atoms with van der Waals surface area (Å²) in [5.74, 6) is -0.343. The lowest BCUT2D eigenvalue weighted by molar-refractivity contribution is -0.116. The van der Waals surface area contributed by atoms with Crippen LogP contribution in [0.5, 0.6) is 0 Å². The number of carbonyl (C=O) groups excluding carboxylic acids is 2. The van der Waals surface area contributed by atoms with E-state index < -0.39 is 10.0 Å². The van der Waals surface area contributed by atoms with Crippen molar-refractivity contribution >= 4 is 33.2 Å². The van der Waals surface area contributed by atoms with Crippen molar-refractivity contribution in [3.05, 3.63) is 35.7 Å². The Bertz CT molecular complexity index is 884. The highest BCUT2D eigenvalue weighted by molar-refractivity contribution is 7.89. The molecule has 0 atom stereocenters. The number of nitrogens with one attached hydrogen (secondary N) is 3. The van der Waals surface area contributed by atoms with Crippen LogP contribution in [0, 0.1) is 13.8 Å². The van der Waals surface area contributed by atoms with Crippen molar-refractivity contribution < 1.29 is 22.5 Å². The summed E-state index contributed by atoms with van der Waals surface area (Å²) in [6.07, 6.45) is -0.0456. The van der Waals surface area contributed by atoms with Crippen LogP contribution < -0.4 is 15.4 Å². The second-order valence-electron chi connectivity index (χ2n) is 5.61. The van der Waals surface area contributed by atoms with Gasteiger partial charge in [0.15, 0.2) is 5.76 Å². The Hall–Kier alpha value is -2.72. The predicted molar refractivity (Wildman–Crippen MR) is 95.2 cm³/mol. The number of amides is 2. The van der Waals surface area contributed by atoms with Crippen molar-refractivity contribution in [2.75, 3.05) is 17.2 Å². The molecule has 2 aromatic rings. The number of sulfonamides is 1. The third-order valence-electron chi connectivity index (χ3n) is 3.37. The highest BCUT2D eigenvalue weighted by Gasteiger charge is 2.23. The molecule has 0 unspecified atom stereocenters. The Morgan fingerprint density at radius 2 is 1.65 bits per heavy atom. The first-order valence-corrected chi connectivity index (χ1v) is 9.27. The molecule has 1 aromatic heterocycles. The molecule has 0 saturated carbocycles. The van der Waals surface area contributed by atoms with Gasteiger partial charge in [0, 0.05) is 31.3 Å². The van der Waals surface area contributed by atoms with Gasteiger partial charge in [0.25, 0.3) is 0 Å². The third-order valence-corrected chi connectivity index (χ3v) is 5.07. The van der Waals surface area contributed by atoms with E-state index in [1.807, 2.05) is 0 Å². The molecule has 1 heterocycles. The minimum absolute atomic E-state index is 0.00790. The maximum absolute atomic E-state index is 12.2. The zero-order valence-corrected chi connectivity index (χ0v) is 15.4. The number of anilines is 2. The number of hydrogen-bond donors (Lipinski definition) is 3. The largest absolute Gasteiger partial charge is 0.360 e. The number of carbonyl (C=O) groups is 2. The monoisotopic (exact) mass is 380 g/mol. The Labute approximate surface area is 151 Å². The number of hydrogen-bond acceptors (Lipinski definition) is 6. The third kappa shape index (κ3) is 5.14. The molecule has 10 heteroatoms. The number of nitrogens with zero attached hydrogens (tertiary/aromatic N) is 1. The summed E-state index contributed by atoms with van der Waals surface area (Å²) < 4.78 is 31.6. The summed E-state index contributed by atoms with van der Waals surface area (Å²) in [4.78, 5) is 22.9. The first-order valence-electron chi connectivity index (χ1n) is 7.79. The molecule has 26 heavy (non-hydrogen) atoms. The van der Waals surface area contributed by atoms with E-state index in [4.69, 9.17) is 4.52 Å². The summed E-state index contributed by atoms with van der Waals surface area (Å²) in [5.41, 5.74) is 1.42. The topological polar surface area (TPSA) is 130 Å². The molecule has 0 radical (unpaired) electrons. The average molecular weight is 380 g/mol. The highest BCUT2D eigenvalue weighted by atomic mass is 32.2. The predicted octanol–water partition coefficient (Wildman–Crippen LogP) is 1.56. The molecular weight excluding hydrogens is 360 g/mol. The Balaban J connectivity index is 1.86. The van der Waals surface area contributed by atoms with Gasteiger partial charge in [0.2, 0.25) is 21.8 Å². The van der Waals surface area contributed by atoms with Gasteiger partial charge in [-0.15, -0.1) is 0 Å². The fourth-order valence-corrected chi connectivity index (χ4v) is 3.65. The maximum Gasteiger partial charge on any atom is 0.245 e. The fraction of sp³-hybridized carbons (Fsp3) is 0.312. The van der Waals surface area contributed by atoms with Crippen molar-refractivity contribution in [1.82, 2.24) is 9.88 Å². The van der Waals surface area contributed by atoms with Crippen molar-refractivity contribution in [1.29, 1.82) is 0 Å². The summed E-state index contributed by atoms with van der Waals surface area (Å²) >= 11 is 0. The minimum atomic E-state index is -3.79. The van der Waals surface area contributed by atoms with Crippen LogP contribution in [-0.4, -0.2) is 31.9 Å². The van der Waals surface area contributed by atoms with E-state index in [-0.39, 0.29) is 41.1 Å². The lowest BCUT2D eigenvalue weighted by atomic mass is 10.2. The van der Waals surface area contributed by atoms with E-state index in [1.54, 1.807) is 24.3 Å². The zero-order chi connectivity index (χ0) is 19.3. The number of aromatic nitrogens is 1.